The number of hydrogen-bond donors (Lipinski definition) is 1. The van der Waals surface area contributed by atoms with Gasteiger partial charge in [-0.05, 0) is 35.8 Å². The summed E-state index contributed by atoms with van der Waals surface area (Å²) in [6.45, 7) is 5.27. The molecule has 1 N–H and O–H groups in total. The lowest BCUT2D eigenvalue weighted by Gasteiger charge is -2.36. The zero-order chi connectivity index (χ0) is 15.7. The maximum absolute atomic E-state index is 12.3. The second kappa shape index (κ2) is 6.11. The van der Waals surface area contributed by atoms with E-state index in [1.54, 1.807) is 6.92 Å². The summed E-state index contributed by atoms with van der Waals surface area (Å²) in [5.41, 5.74) is 2.38. The van der Waals surface area contributed by atoms with E-state index in [2.05, 4.69) is 18.3 Å². The summed E-state index contributed by atoms with van der Waals surface area (Å²) in [6, 6.07) is 8.03. The van der Waals surface area contributed by atoms with E-state index in [0.717, 1.165) is 24.4 Å². The molecule has 1 heterocycles. The van der Waals surface area contributed by atoms with Crippen molar-refractivity contribution in [1.29, 1.82) is 0 Å². The number of amides is 2. The summed E-state index contributed by atoms with van der Waals surface area (Å²) in [6.07, 6.45) is 2.44. The first kappa shape index (κ1) is 15.1. The van der Waals surface area contributed by atoms with Crippen LogP contribution in [0.5, 0.6) is 0 Å². The molecule has 1 aromatic rings. The van der Waals surface area contributed by atoms with Crippen LogP contribution in [-0.2, 0) is 16.0 Å². The molecule has 4 heteroatoms. The van der Waals surface area contributed by atoms with E-state index in [-0.39, 0.29) is 17.9 Å². The molecule has 0 radical (unpaired) electrons. The molecule has 0 unspecified atom stereocenters. The van der Waals surface area contributed by atoms with E-state index in [4.69, 9.17) is 0 Å². The molecule has 118 valence electrons. The summed E-state index contributed by atoms with van der Waals surface area (Å²) >= 11 is 0. The predicted octanol–water partition coefficient (Wildman–Crippen LogP) is 2.29. The summed E-state index contributed by atoms with van der Waals surface area (Å²) in [7, 11) is 0. The molecular weight excluding hydrogens is 276 g/mol. The van der Waals surface area contributed by atoms with Crippen molar-refractivity contribution >= 4 is 11.8 Å². The van der Waals surface area contributed by atoms with E-state index in [1.165, 1.54) is 12.0 Å². The smallest absolute Gasteiger partial charge is 0.222 e. The highest BCUT2D eigenvalue weighted by atomic mass is 16.2. The van der Waals surface area contributed by atoms with Crippen LogP contribution >= 0.6 is 0 Å². The van der Waals surface area contributed by atoms with Gasteiger partial charge in [0.05, 0.1) is 12.5 Å². The Bertz CT molecular complexity index is 584. The highest BCUT2D eigenvalue weighted by Gasteiger charge is 2.34. The maximum Gasteiger partial charge on any atom is 0.222 e. The monoisotopic (exact) mass is 300 g/mol. The van der Waals surface area contributed by atoms with Gasteiger partial charge in [-0.15, -0.1) is 0 Å². The standard InChI is InChI=1S/C18H24N2O2/c1-12-9-15(12)11-19-18(22)10-17-16-6-4-3-5-14(16)7-8-20(17)13(2)21/h3-6,12,15,17H,7-11H2,1-2H3,(H,19,22)/t12-,15-,17+/m1/s1. The van der Waals surface area contributed by atoms with Crippen LogP contribution in [0.1, 0.15) is 43.9 Å². The van der Waals surface area contributed by atoms with Crippen LogP contribution in [0.4, 0.5) is 0 Å². The average molecular weight is 300 g/mol. The SMILES string of the molecule is CC(=O)N1CCc2ccccc2[C@@H]1CC(=O)NC[C@H]1C[C@H]1C. The second-order valence-electron chi connectivity index (χ2n) is 6.66. The van der Waals surface area contributed by atoms with Gasteiger partial charge >= 0.3 is 0 Å². The minimum atomic E-state index is -0.126. The summed E-state index contributed by atoms with van der Waals surface area (Å²) in [5.74, 6) is 1.48. The van der Waals surface area contributed by atoms with Crippen LogP contribution in [0.15, 0.2) is 24.3 Å². The molecule has 0 bridgehead atoms. The van der Waals surface area contributed by atoms with Crippen LogP contribution < -0.4 is 5.32 Å². The topological polar surface area (TPSA) is 49.4 Å². The third kappa shape index (κ3) is 3.16. The van der Waals surface area contributed by atoms with Gasteiger partial charge in [-0.1, -0.05) is 31.2 Å². The quantitative estimate of drug-likeness (QED) is 0.927. The molecule has 2 amide bonds. The fraction of sp³-hybridized carbons (Fsp3) is 0.556. The summed E-state index contributed by atoms with van der Waals surface area (Å²) in [4.78, 5) is 26.0. The van der Waals surface area contributed by atoms with Crippen molar-refractivity contribution in [2.45, 2.75) is 39.2 Å². The molecule has 4 nitrogen and oxygen atoms in total. The van der Waals surface area contributed by atoms with Crippen LogP contribution in [-0.4, -0.2) is 29.8 Å². The molecule has 1 saturated carbocycles. The number of benzene rings is 1. The summed E-state index contributed by atoms with van der Waals surface area (Å²) < 4.78 is 0. The Labute approximate surface area is 131 Å². The van der Waals surface area contributed by atoms with E-state index < -0.39 is 0 Å². The van der Waals surface area contributed by atoms with Gasteiger partial charge in [-0.3, -0.25) is 9.59 Å². The molecule has 0 aromatic heterocycles. The Morgan fingerprint density at radius 1 is 1.32 bits per heavy atom. The molecule has 1 aliphatic carbocycles. The van der Waals surface area contributed by atoms with Gasteiger partial charge in [-0.25, -0.2) is 0 Å². The number of hydrogen-bond acceptors (Lipinski definition) is 2. The fourth-order valence-corrected chi connectivity index (χ4v) is 3.42. The Morgan fingerprint density at radius 3 is 2.73 bits per heavy atom. The Morgan fingerprint density at radius 2 is 2.05 bits per heavy atom. The van der Waals surface area contributed by atoms with Crippen molar-refractivity contribution in [3.63, 3.8) is 0 Å². The number of carbonyl (C=O) groups excluding carboxylic acids is 2. The van der Waals surface area contributed by atoms with Crippen LogP contribution in [0, 0.1) is 11.8 Å². The third-order valence-corrected chi connectivity index (χ3v) is 5.03. The van der Waals surface area contributed by atoms with Crippen molar-refractivity contribution in [2.75, 3.05) is 13.1 Å². The molecule has 1 aromatic carbocycles. The minimum absolute atomic E-state index is 0.0446. The zero-order valence-electron chi connectivity index (χ0n) is 13.3. The first-order chi connectivity index (χ1) is 10.6. The van der Waals surface area contributed by atoms with Gasteiger partial charge in [0.15, 0.2) is 0 Å². The minimum Gasteiger partial charge on any atom is -0.356 e. The molecule has 0 spiro atoms. The van der Waals surface area contributed by atoms with Gasteiger partial charge in [0.1, 0.15) is 0 Å². The van der Waals surface area contributed by atoms with Gasteiger partial charge in [0.25, 0.3) is 0 Å². The van der Waals surface area contributed by atoms with Gasteiger partial charge in [0.2, 0.25) is 11.8 Å². The van der Waals surface area contributed by atoms with Gasteiger partial charge < -0.3 is 10.2 Å². The molecule has 22 heavy (non-hydrogen) atoms. The Kier molecular flexibility index (Phi) is 4.19. The predicted molar refractivity (Wildman–Crippen MR) is 85.2 cm³/mol. The number of nitrogens with one attached hydrogen (secondary N) is 1. The maximum atomic E-state index is 12.3. The number of nitrogens with zero attached hydrogens (tertiary/aromatic N) is 1. The van der Waals surface area contributed by atoms with Crippen molar-refractivity contribution in [3.8, 4) is 0 Å². The molecule has 1 aliphatic heterocycles. The van der Waals surface area contributed by atoms with Crippen LogP contribution in [0.2, 0.25) is 0 Å². The number of rotatable bonds is 4. The highest BCUT2D eigenvalue weighted by Crippen LogP contribution is 2.37. The largest absolute Gasteiger partial charge is 0.356 e. The Balaban J connectivity index is 1.70. The van der Waals surface area contributed by atoms with Crippen molar-refractivity contribution in [1.82, 2.24) is 10.2 Å². The normalized spacial score (nSPS) is 26.3. The van der Waals surface area contributed by atoms with Gasteiger partial charge in [0, 0.05) is 20.0 Å². The van der Waals surface area contributed by atoms with Gasteiger partial charge in [-0.2, -0.15) is 0 Å². The molecule has 0 saturated heterocycles. The van der Waals surface area contributed by atoms with Crippen LogP contribution in [0.3, 0.4) is 0 Å². The van der Waals surface area contributed by atoms with Crippen LogP contribution in [0.25, 0.3) is 0 Å². The van der Waals surface area contributed by atoms with Crippen molar-refractivity contribution in [3.05, 3.63) is 35.4 Å². The zero-order valence-corrected chi connectivity index (χ0v) is 13.3. The number of carbonyl (C=O) groups is 2. The first-order valence-electron chi connectivity index (χ1n) is 8.18. The summed E-state index contributed by atoms with van der Waals surface area (Å²) in [5, 5.41) is 3.04. The van der Waals surface area contributed by atoms with E-state index >= 15 is 0 Å². The lowest BCUT2D eigenvalue weighted by atomic mass is 9.90. The van der Waals surface area contributed by atoms with Crippen molar-refractivity contribution < 1.29 is 9.59 Å². The molecule has 3 atom stereocenters. The number of fused-ring (bicyclic) bond motifs is 1. The fourth-order valence-electron chi connectivity index (χ4n) is 3.42. The molecule has 1 fully saturated rings. The lowest BCUT2D eigenvalue weighted by molar-refractivity contribution is -0.133. The van der Waals surface area contributed by atoms with E-state index in [9.17, 15) is 9.59 Å². The Hall–Kier alpha value is -1.84. The molecule has 3 rings (SSSR count). The molecular formula is C18H24N2O2. The lowest BCUT2D eigenvalue weighted by Crippen LogP contribution is -2.41. The average Bonchev–Trinajstić information content (AvgIpc) is 3.21. The molecule has 2 aliphatic rings. The third-order valence-electron chi connectivity index (χ3n) is 5.03. The first-order valence-corrected chi connectivity index (χ1v) is 8.18. The van der Waals surface area contributed by atoms with Crippen molar-refractivity contribution in [2.24, 2.45) is 11.8 Å². The van der Waals surface area contributed by atoms with E-state index in [1.807, 2.05) is 23.1 Å². The highest BCUT2D eigenvalue weighted by molar-refractivity contribution is 5.79. The second-order valence-corrected chi connectivity index (χ2v) is 6.66. The van der Waals surface area contributed by atoms with E-state index in [0.29, 0.717) is 18.9 Å².